The number of likely N-dealkylation sites (tertiary alicyclic amines) is 1. The van der Waals surface area contributed by atoms with E-state index in [1.54, 1.807) is 10.5 Å². The molecule has 0 bridgehead atoms. The fourth-order valence-electron chi connectivity index (χ4n) is 3.46. The summed E-state index contributed by atoms with van der Waals surface area (Å²) in [6.07, 6.45) is 5.86. The largest absolute Gasteiger partial charge is 0.297 e. The lowest BCUT2D eigenvalue weighted by Gasteiger charge is -2.31. The summed E-state index contributed by atoms with van der Waals surface area (Å²) >= 11 is 0. The van der Waals surface area contributed by atoms with Gasteiger partial charge in [0.15, 0.2) is 0 Å². The molecule has 0 aromatic carbocycles. The van der Waals surface area contributed by atoms with Crippen molar-refractivity contribution in [1.29, 1.82) is 0 Å². The number of aryl methyl sites for hydroxylation is 1. The Labute approximate surface area is 140 Å². The van der Waals surface area contributed by atoms with Crippen LogP contribution in [0, 0.1) is 6.92 Å². The first kappa shape index (κ1) is 15.1. The van der Waals surface area contributed by atoms with Crippen molar-refractivity contribution in [2.75, 3.05) is 13.1 Å². The summed E-state index contributed by atoms with van der Waals surface area (Å²) < 4.78 is 1.61. The quantitative estimate of drug-likeness (QED) is 0.802. The van der Waals surface area contributed by atoms with Crippen molar-refractivity contribution in [1.82, 2.24) is 24.5 Å². The number of H-pyrrole nitrogens is 1. The number of hydrogen-bond donors (Lipinski definition) is 1. The molecular weight excluding hydrogens is 302 g/mol. The van der Waals surface area contributed by atoms with E-state index < -0.39 is 0 Å². The first-order valence-corrected chi connectivity index (χ1v) is 8.39. The van der Waals surface area contributed by atoms with Crippen LogP contribution in [0.1, 0.15) is 35.7 Å². The third-order valence-electron chi connectivity index (χ3n) is 4.80. The number of piperidine rings is 1. The fraction of sp³-hybridized carbons (Fsp3) is 0.389. The maximum absolute atomic E-state index is 12.3. The monoisotopic (exact) mass is 323 g/mol. The first-order valence-electron chi connectivity index (χ1n) is 8.39. The van der Waals surface area contributed by atoms with E-state index in [1.807, 2.05) is 31.5 Å². The Hall–Kier alpha value is -2.47. The standard InChI is InChI=1S/C18H21N5O/c1-13-2-3-17-20-15(10-18(24)23(17)11-13)12-22-8-5-14(6-9-22)16-4-7-19-21-16/h2-4,7,10-11,14H,5-6,8-9,12H2,1H3,(H,19,21). The SMILES string of the molecule is Cc1ccc2nc(CN3CCC(c4ccn[nH]4)CC3)cc(=O)n2c1. The molecule has 124 valence electrons. The highest BCUT2D eigenvalue weighted by atomic mass is 16.1. The minimum Gasteiger partial charge on any atom is -0.297 e. The summed E-state index contributed by atoms with van der Waals surface area (Å²) in [5, 5.41) is 7.12. The van der Waals surface area contributed by atoms with Crippen LogP contribution in [-0.4, -0.2) is 37.6 Å². The number of nitrogens with zero attached hydrogens (tertiary/aromatic N) is 4. The van der Waals surface area contributed by atoms with Crippen LogP contribution in [0.5, 0.6) is 0 Å². The van der Waals surface area contributed by atoms with Crippen molar-refractivity contribution in [3.8, 4) is 0 Å². The molecule has 4 rings (SSSR count). The van der Waals surface area contributed by atoms with Gasteiger partial charge in [0.2, 0.25) is 0 Å². The van der Waals surface area contributed by atoms with Crippen molar-refractivity contribution in [3.63, 3.8) is 0 Å². The molecule has 24 heavy (non-hydrogen) atoms. The van der Waals surface area contributed by atoms with Gasteiger partial charge in [0.25, 0.3) is 5.56 Å². The van der Waals surface area contributed by atoms with Crippen LogP contribution in [0.25, 0.3) is 5.65 Å². The molecule has 3 aromatic rings. The number of fused-ring (bicyclic) bond motifs is 1. The highest BCUT2D eigenvalue weighted by molar-refractivity contribution is 5.39. The lowest BCUT2D eigenvalue weighted by atomic mass is 9.93. The van der Waals surface area contributed by atoms with Crippen LogP contribution >= 0.6 is 0 Å². The van der Waals surface area contributed by atoms with E-state index in [0.717, 1.165) is 49.4 Å². The molecular formula is C18H21N5O. The number of nitrogens with one attached hydrogen (secondary N) is 1. The van der Waals surface area contributed by atoms with E-state index in [1.165, 1.54) is 5.69 Å². The predicted molar refractivity (Wildman–Crippen MR) is 92.0 cm³/mol. The van der Waals surface area contributed by atoms with Gasteiger partial charge < -0.3 is 0 Å². The van der Waals surface area contributed by atoms with Gasteiger partial charge in [-0.15, -0.1) is 0 Å². The molecule has 0 unspecified atom stereocenters. The highest BCUT2D eigenvalue weighted by Crippen LogP contribution is 2.26. The van der Waals surface area contributed by atoms with Gasteiger partial charge in [-0.25, -0.2) is 4.98 Å². The molecule has 0 saturated carbocycles. The zero-order valence-corrected chi connectivity index (χ0v) is 13.8. The Balaban J connectivity index is 1.47. The van der Waals surface area contributed by atoms with Crippen molar-refractivity contribution in [2.45, 2.75) is 32.2 Å². The van der Waals surface area contributed by atoms with E-state index in [9.17, 15) is 4.79 Å². The molecule has 1 aliphatic heterocycles. The molecule has 6 heteroatoms. The topological polar surface area (TPSA) is 66.3 Å². The summed E-state index contributed by atoms with van der Waals surface area (Å²) in [6.45, 7) is 4.73. The van der Waals surface area contributed by atoms with Crippen molar-refractivity contribution >= 4 is 5.65 Å². The maximum Gasteiger partial charge on any atom is 0.258 e. The zero-order chi connectivity index (χ0) is 16.5. The molecule has 1 fully saturated rings. The number of pyridine rings is 1. The maximum atomic E-state index is 12.3. The molecule has 1 N–H and O–H groups in total. The molecule has 3 aromatic heterocycles. The van der Waals surface area contributed by atoms with Crippen LogP contribution in [0.2, 0.25) is 0 Å². The van der Waals surface area contributed by atoms with Crippen molar-refractivity contribution in [3.05, 3.63) is 64.0 Å². The second kappa shape index (κ2) is 6.20. The summed E-state index contributed by atoms with van der Waals surface area (Å²) in [6, 6.07) is 7.62. The lowest BCUT2D eigenvalue weighted by Crippen LogP contribution is -2.33. The highest BCUT2D eigenvalue weighted by Gasteiger charge is 2.21. The molecule has 6 nitrogen and oxygen atoms in total. The fourth-order valence-corrected chi connectivity index (χ4v) is 3.46. The summed E-state index contributed by atoms with van der Waals surface area (Å²) in [7, 11) is 0. The van der Waals surface area contributed by atoms with Gasteiger partial charge in [0.1, 0.15) is 5.65 Å². The minimum absolute atomic E-state index is 0.00829. The number of aromatic nitrogens is 4. The Bertz CT molecular complexity index is 891. The second-order valence-corrected chi connectivity index (χ2v) is 6.58. The predicted octanol–water partition coefficient (Wildman–Crippen LogP) is 2.11. The lowest BCUT2D eigenvalue weighted by molar-refractivity contribution is 0.201. The minimum atomic E-state index is -0.00829. The van der Waals surface area contributed by atoms with Gasteiger partial charge in [-0.05, 0) is 50.6 Å². The van der Waals surface area contributed by atoms with Gasteiger partial charge in [0.05, 0.1) is 5.69 Å². The van der Waals surface area contributed by atoms with E-state index in [0.29, 0.717) is 5.92 Å². The zero-order valence-electron chi connectivity index (χ0n) is 13.8. The number of aromatic amines is 1. The molecule has 0 aliphatic carbocycles. The normalized spacial score (nSPS) is 16.7. The van der Waals surface area contributed by atoms with Crippen LogP contribution in [-0.2, 0) is 6.54 Å². The van der Waals surface area contributed by atoms with E-state index in [-0.39, 0.29) is 5.56 Å². The summed E-state index contributed by atoms with van der Waals surface area (Å²) in [5.41, 5.74) is 3.84. The van der Waals surface area contributed by atoms with Crippen LogP contribution < -0.4 is 5.56 Å². The van der Waals surface area contributed by atoms with Crippen LogP contribution in [0.4, 0.5) is 0 Å². The molecule has 4 heterocycles. The summed E-state index contributed by atoms with van der Waals surface area (Å²) in [5.74, 6) is 0.557. The molecule has 0 spiro atoms. The van der Waals surface area contributed by atoms with Crippen molar-refractivity contribution < 1.29 is 0 Å². The average molecular weight is 323 g/mol. The van der Waals surface area contributed by atoms with E-state index in [4.69, 9.17) is 0 Å². The van der Waals surface area contributed by atoms with Gasteiger partial charge in [0, 0.05) is 36.6 Å². The number of rotatable bonds is 3. The third kappa shape index (κ3) is 2.97. The third-order valence-corrected chi connectivity index (χ3v) is 4.80. The number of hydrogen-bond acceptors (Lipinski definition) is 4. The Morgan fingerprint density at radius 3 is 2.83 bits per heavy atom. The Morgan fingerprint density at radius 2 is 2.08 bits per heavy atom. The average Bonchev–Trinajstić information content (AvgIpc) is 3.11. The van der Waals surface area contributed by atoms with E-state index >= 15 is 0 Å². The van der Waals surface area contributed by atoms with Gasteiger partial charge in [-0.2, -0.15) is 5.10 Å². The van der Waals surface area contributed by atoms with Gasteiger partial charge >= 0.3 is 0 Å². The Morgan fingerprint density at radius 1 is 1.25 bits per heavy atom. The van der Waals surface area contributed by atoms with Gasteiger partial charge in [-0.1, -0.05) is 6.07 Å². The molecule has 0 atom stereocenters. The molecule has 0 radical (unpaired) electrons. The molecule has 1 saturated heterocycles. The summed E-state index contributed by atoms with van der Waals surface area (Å²) in [4.78, 5) is 19.3. The second-order valence-electron chi connectivity index (χ2n) is 6.58. The van der Waals surface area contributed by atoms with Crippen molar-refractivity contribution in [2.24, 2.45) is 0 Å². The van der Waals surface area contributed by atoms with Crippen LogP contribution in [0.3, 0.4) is 0 Å². The molecule has 1 aliphatic rings. The first-order chi connectivity index (χ1) is 11.7. The smallest absolute Gasteiger partial charge is 0.258 e. The Kier molecular flexibility index (Phi) is 3.90. The van der Waals surface area contributed by atoms with E-state index in [2.05, 4.69) is 26.1 Å². The van der Waals surface area contributed by atoms with Gasteiger partial charge in [-0.3, -0.25) is 19.2 Å². The molecule has 0 amide bonds. The van der Waals surface area contributed by atoms with Crippen LogP contribution in [0.15, 0.2) is 41.5 Å².